The normalized spacial score (nSPS) is 17.7. The average molecular weight is 305 g/mol. The van der Waals surface area contributed by atoms with Gasteiger partial charge in [-0.15, -0.1) is 0 Å². The molecule has 1 unspecified atom stereocenters. The van der Waals surface area contributed by atoms with E-state index in [0.717, 1.165) is 25.3 Å². The summed E-state index contributed by atoms with van der Waals surface area (Å²) in [5.41, 5.74) is 2.62. The molecule has 0 aromatic heterocycles. The summed E-state index contributed by atoms with van der Waals surface area (Å²) in [4.78, 5) is 2.51. The molecule has 1 aliphatic heterocycles. The van der Waals surface area contributed by atoms with Crippen LogP contribution in [-0.4, -0.2) is 36.3 Å². The molecule has 1 atom stereocenters. The molecule has 1 fully saturated rings. The first kappa shape index (κ1) is 17.3. The third-order valence-electron chi connectivity index (χ3n) is 4.48. The minimum atomic E-state index is 0.0509. The number of hydrogen-bond donors (Lipinski definition) is 1. The molecule has 124 valence electrons. The molecule has 0 amide bonds. The fourth-order valence-electron chi connectivity index (χ4n) is 3.36. The highest BCUT2D eigenvalue weighted by Crippen LogP contribution is 2.36. The van der Waals surface area contributed by atoms with Gasteiger partial charge in [0, 0.05) is 12.6 Å². The van der Waals surface area contributed by atoms with Gasteiger partial charge in [0.05, 0.1) is 6.61 Å². The van der Waals surface area contributed by atoms with Gasteiger partial charge in [0.2, 0.25) is 0 Å². The fraction of sp³-hybridized carbons (Fsp3) is 0.684. The molecule has 22 heavy (non-hydrogen) atoms. The Kier molecular flexibility index (Phi) is 5.87. The number of rotatable bonds is 6. The Balaban J connectivity index is 2.36. The van der Waals surface area contributed by atoms with Gasteiger partial charge in [-0.25, -0.2) is 0 Å². The van der Waals surface area contributed by atoms with Crippen molar-refractivity contribution < 1.29 is 9.84 Å². The van der Waals surface area contributed by atoms with Crippen LogP contribution < -0.4 is 4.74 Å². The lowest BCUT2D eigenvalue weighted by Crippen LogP contribution is -2.27. The summed E-state index contributed by atoms with van der Waals surface area (Å²) in [6, 6.07) is 6.91. The van der Waals surface area contributed by atoms with E-state index in [1.165, 1.54) is 24.0 Å². The Morgan fingerprint density at radius 2 is 1.91 bits per heavy atom. The molecule has 1 N–H and O–H groups in total. The zero-order valence-corrected chi connectivity index (χ0v) is 14.6. The van der Waals surface area contributed by atoms with Crippen LogP contribution in [0.4, 0.5) is 0 Å². The van der Waals surface area contributed by atoms with Crippen LogP contribution in [-0.2, 0) is 5.41 Å². The lowest BCUT2D eigenvalue weighted by Gasteiger charge is -2.30. The van der Waals surface area contributed by atoms with Crippen molar-refractivity contribution in [2.24, 2.45) is 0 Å². The van der Waals surface area contributed by atoms with Gasteiger partial charge in [0.15, 0.2) is 0 Å². The van der Waals surface area contributed by atoms with Crippen LogP contribution in [0.25, 0.3) is 0 Å². The van der Waals surface area contributed by atoms with Gasteiger partial charge < -0.3 is 9.84 Å². The highest BCUT2D eigenvalue weighted by atomic mass is 16.5. The molecule has 1 aliphatic rings. The lowest BCUT2D eigenvalue weighted by molar-refractivity contribution is 0.185. The molecule has 3 nitrogen and oxygen atoms in total. The topological polar surface area (TPSA) is 32.7 Å². The predicted molar refractivity (Wildman–Crippen MR) is 91.6 cm³/mol. The Labute approximate surface area is 135 Å². The van der Waals surface area contributed by atoms with E-state index in [0.29, 0.717) is 12.6 Å². The second-order valence-corrected chi connectivity index (χ2v) is 7.21. The Morgan fingerprint density at radius 3 is 2.45 bits per heavy atom. The van der Waals surface area contributed by atoms with E-state index in [1.807, 2.05) is 6.92 Å². The van der Waals surface area contributed by atoms with Crippen molar-refractivity contribution in [1.82, 2.24) is 4.90 Å². The van der Waals surface area contributed by atoms with Crippen molar-refractivity contribution in [2.75, 3.05) is 26.3 Å². The van der Waals surface area contributed by atoms with Gasteiger partial charge >= 0.3 is 0 Å². The number of ether oxygens (including phenoxy) is 1. The van der Waals surface area contributed by atoms with Crippen molar-refractivity contribution in [3.63, 3.8) is 0 Å². The van der Waals surface area contributed by atoms with Gasteiger partial charge in [-0.2, -0.15) is 0 Å². The molecular formula is C19H31NO2. The number of aliphatic hydroxyl groups is 1. The monoisotopic (exact) mass is 305 g/mol. The predicted octanol–water partition coefficient (Wildman–Crippen LogP) is 3.90. The standard InChI is InChI=1S/C19H31NO2/c1-5-22-18-9-8-15(14-16(18)19(2,3)4)17(10-13-21)20-11-6-7-12-20/h8-9,14,17,21H,5-7,10-13H2,1-4H3. The molecule has 0 aliphatic carbocycles. The molecule has 1 saturated heterocycles. The van der Waals surface area contributed by atoms with E-state index < -0.39 is 0 Å². The summed E-state index contributed by atoms with van der Waals surface area (Å²) in [7, 11) is 0. The number of aliphatic hydroxyl groups excluding tert-OH is 1. The van der Waals surface area contributed by atoms with Crippen molar-refractivity contribution in [3.05, 3.63) is 29.3 Å². The summed E-state index contributed by atoms with van der Waals surface area (Å²) < 4.78 is 5.82. The maximum atomic E-state index is 9.47. The number of benzene rings is 1. The summed E-state index contributed by atoms with van der Waals surface area (Å²) in [6.07, 6.45) is 3.34. The summed E-state index contributed by atoms with van der Waals surface area (Å²) in [5.74, 6) is 0.989. The van der Waals surface area contributed by atoms with Gasteiger partial charge in [0.25, 0.3) is 0 Å². The van der Waals surface area contributed by atoms with Crippen molar-refractivity contribution in [3.8, 4) is 5.75 Å². The van der Waals surface area contributed by atoms with Gasteiger partial charge in [-0.1, -0.05) is 26.8 Å². The summed E-state index contributed by atoms with van der Waals surface area (Å²) in [6.45, 7) is 11.9. The van der Waals surface area contributed by atoms with Crippen LogP contribution >= 0.6 is 0 Å². The van der Waals surface area contributed by atoms with Gasteiger partial charge in [0.1, 0.15) is 5.75 Å². The minimum absolute atomic E-state index is 0.0509. The van der Waals surface area contributed by atoms with Crippen molar-refractivity contribution in [1.29, 1.82) is 0 Å². The largest absolute Gasteiger partial charge is 0.494 e. The first-order chi connectivity index (χ1) is 10.5. The van der Waals surface area contributed by atoms with Crippen LogP contribution in [0.15, 0.2) is 18.2 Å². The molecule has 1 aromatic carbocycles. The molecular weight excluding hydrogens is 274 g/mol. The highest BCUT2D eigenvalue weighted by Gasteiger charge is 2.26. The van der Waals surface area contributed by atoms with Crippen LogP contribution in [0.2, 0.25) is 0 Å². The Bertz CT molecular complexity index is 473. The van der Waals surface area contributed by atoms with Gasteiger partial charge in [-0.3, -0.25) is 4.90 Å². The molecule has 0 saturated carbocycles. The van der Waals surface area contributed by atoms with Crippen LogP contribution in [0.1, 0.15) is 64.1 Å². The number of nitrogens with zero attached hydrogens (tertiary/aromatic N) is 1. The van der Waals surface area contributed by atoms with E-state index in [4.69, 9.17) is 4.74 Å². The van der Waals surface area contributed by atoms with E-state index in [9.17, 15) is 5.11 Å². The molecule has 3 heteroatoms. The van der Waals surface area contributed by atoms with E-state index in [-0.39, 0.29) is 12.0 Å². The zero-order chi connectivity index (χ0) is 16.2. The van der Waals surface area contributed by atoms with E-state index in [2.05, 4.69) is 43.9 Å². The van der Waals surface area contributed by atoms with E-state index >= 15 is 0 Å². The Hall–Kier alpha value is -1.06. The first-order valence-electron chi connectivity index (χ1n) is 8.59. The molecule has 1 aromatic rings. The second-order valence-electron chi connectivity index (χ2n) is 7.21. The summed E-state index contributed by atoms with van der Waals surface area (Å²) in [5, 5.41) is 9.47. The lowest BCUT2D eigenvalue weighted by atomic mass is 9.84. The molecule has 0 radical (unpaired) electrons. The third-order valence-corrected chi connectivity index (χ3v) is 4.48. The molecule has 2 rings (SSSR count). The van der Waals surface area contributed by atoms with Crippen molar-refractivity contribution in [2.45, 2.75) is 58.4 Å². The van der Waals surface area contributed by atoms with Crippen LogP contribution in [0, 0.1) is 0 Å². The van der Waals surface area contributed by atoms with Crippen LogP contribution in [0.5, 0.6) is 5.75 Å². The molecule has 0 spiro atoms. The molecule has 1 heterocycles. The minimum Gasteiger partial charge on any atom is -0.494 e. The smallest absolute Gasteiger partial charge is 0.123 e. The summed E-state index contributed by atoms with van der Waals surface area (Å²) >= 11 is 0. The molecule has 0 bridgehead atoms. The number of hydrogen-bond acceptors (Lipinski definition) is 3. The van der Waals surface area contributed by atoms with E-state index in [1.54, 1.807) is 0 Å². The zero-order valence-electron chi connectivity index (χ0n) is 14.6. The highest BCUT2D eigenvalue weighted by molar-refractivity contribution is 5.42. The number of likely N-dealkylation sites (tertiary alicyclic amines) is 1. The fourth-order valence-corrected chi connectivity index (χ4v) is 3.36. The second kappa shape index (κ2) is 7.47. The Morgan fingerprint density at radius 1 is 1.23 bits per heavy atom. The SMILES string of the molecule is CCOc1ccc(C(CCO)N2CCCC2)cc1C(C)(C)C. The quantitative estimate of drug-likeness (QED) is 0.865. The van der Waals surface area contributed by atoms with Crippen LogP contribution in [0.3, 0.4) is 0 Å². The third kappa shape index (κ3) is 4.02. The van der Waals surface area contributed by atoms with Crippen molar-refractivity contribution >= 4 is 0 Å². The maximum Gasteiger partial charge on any atom is 0.123 e. The average Bonchev–Trinajstić information content (AvgIpc) is 2.98. The maximum absolute atomic E-state index is 9.47. The van der Waals surface area contributed by atoms with Gasteiger partial charge in [-0.05, 0) is 68.0 Å². The first-order valence-corrected chi connectivity index (χ1v) is 8.59.